The fourth-order valence-corrected chi connectivity index (χ4v) is 4.33. The average Bonchev–Trinajstić information content (AvgIpc) is 3.02. The molecule has 1 atom stereocenters. The third-order valence-electron chi connectivity index (χ3n) is 6.15. The molecule has 0 saturated heterocycles. The molecule has 0 bridgehead atoms. The Morgan fingerprint density at radius 2 is 1.74 bits per heavy atom. The molecule has 2 aromatic rings. The van der Waals surface area contributed by atoms with Crippen LogP contribution in [-0.4, -0.2) is 70.1 Å². The number of benzene rings is 1. The minimum absolute atomic E-state index is 0.0304. The summed E-state index contributed by atoms with van der Waals surface area (Å²) in [6.45, 7) is 12.9. The monoisotopic (exact) mass is 468 g/mol. The van der Waals surface area contributed by atoms with E-state index in [1.54, 1.807) is 0 Å². The zero-order valence-electron chi connectivity index (χ0n) is 21.8. The quantitative estimate of drug-likeness (QED) is 0.675. The van der Waals surface area contributed by atoms with Crippen LogP contribution in [0.15, 0.2) is 24.3 Å². The summed E-state index contributed by atoms with van der Waals surface area (Å²) in [6, 6.07) is 7.74. The Balaban J connectivity index is 1.74. The van der Waals surface area contributed by atoms with Gasteiger partial charge in [-0.2, -0.15) is 0 Å². The second-order valence-electron chi connectivity index (χ2n) is 11.0. The van der Waals surface area contributed by atoms with Crippen LogP contribution in [0.3, 0.4) is 0 Å². The number of carbonyl (C=O) groups excluding carboxylic acids is 2. The highest BCUT2D eigenvalue weighted by atomic mass is 16.2. The fraction of sp³-hybridized carbons (Fsp3) is 0.615. The Morgan fingerprint density at radius 3 is 2.32 bits per heavy atom. The molecule has 1 N–H and O–H groups in total. The van der Waals surface area contributed by atoms with Crippen molar-refractivity contribution < 1.29 is 9.59 Å². The van der Waals surface area contributed by atoms with E-state index < -0.39 is 0 Å². The molecule has 34 heavy (non-hydrogen) atoms. The SMILES string of the molecule is CC(C)C[C@@H](NC(=O)CN(C)C)c1nnc2n1CCN(C(=O)c1ccc(C(C)(C)C)cc1)CC2. The van der Waals surface area contributed by atoms with Crippen molar-refractivity contribution in [2.45, 2.75) is 65.5 Å². The molecule has 2 heterocycles. The van der Waals surface area contributed by atoms with Gasteiger partial charge >= 0.3 is 0 Å². The number of hydrogen-bond donors (Lipinski definition) is 1. The summed E-state index contributed by atoms with van der Waals surface area (Å²) in [5.74, 6) is 2.04. The van der Waals surface area contributed by atoms with Crippen LogP contribution in [0.4, 0.5) is 0 Å². The molecule has 0 aliphatic carbocycles. The van der Waals surface area contributed by atoms with E-state index in [9.17, 15) is 9.59 Å². The first-order chi connectivity index (χ1) is 16.0. The Labute approximate surface area is 203 Å². The van der Waals surface area contributed by atoms with Gasteiger partial charge in [0.2, 0.25) is 5.91 Å². The highest BCUT2D eigenvalue weighted by Crippen LogP contribution is 2.24. The van der Waals surface area contributed by atoms with E-state index in [0.29, 0.717) is 44.1 Å². The number of nitrogens with zero attached hydrogens (tertiary/aromatic N) is 5. The van der Waals surface area contributed by atoms with Crippen molar-refractivity contribution in [3.8, 4) is 0 Å². The van der Waals surface area contributed by atoms with Gasteiger partial charge in [-0.1, -0.05) is 46.8 Å². The van der Waals surface area contributed by atoms with Gasteiger partial charge in [0.1, 0.15) is 5.82 Å². The van der Waals surface area contributed by atoms with Gasteiger partial charge in [0.25, 0.3) is 5.91 Å². The smallest absolute Gasteiger partial charge is 0.253 e. The number of nitrogens with one attached hydrogen (secondary N) is 1. The van der Waals surface area contributed by atoms with E-state index >= 15 is 0 Å². The molecule has 1 aliphatic rings. The molecule has 0 saturated carbocycles. The summed E-state index contributed by atoms with van der Waals surface area (Å²) in [5, 5.41) is 12.0. The lowest BCUT2D eigenvalue weighted by Crippen LogP contribution is -2.38. The Bertz CT molecular complexity index is 988. The largest absolute Gasteiger partial charge is 0.345 e. The van der Waals surface area contributed by atoms with E-state index in [-0.39, 0.29) is 23.3 Å². The molecule has 0 fully saturated rings. The van der Waals surface area contributed by atoms with Crippen molar-refractivity contribution in [3.63, 3.8) is 0 Å². The second kappa shape index (κ2) is 10.7. The maximum atomic E-state index is 13.2. The molecule has 8 heteroatoms. The summed E-state index contributed by atoms with van der Waals surface area (Å²) >= 11 is 0. The van der Waals surface area contributed by atoms with E-state index in [1.807, 2.05) is 48.2 Å². The molecule has 8 nitrogen and oxygen atoms in total. The Morgan fingerprint density at radius 1 is 1.06 bits per heavy atom. The molecule has 3 rings (SSSR count). The summed E-state index contributed by atoms with van der Waals surface area (Å²) in [4.78, 5) is 29.5. The number of aromatic nitrogens is 3. The predicted octanol–water partition coefficient (Wildman–Crippen LogP) is 3.04. The lowest BCUT2D eigenvalue weighted by Gasteiger charge is -2.23. The van der Waals surface area contributed by atoms with Crippen LogP contribution in [0.25, 0.3) is 0 Å². The van der Waals surface area contributed by atoms with Crippen LogP contribution < -0.4 is 5.32 Å². The lowest BCUT2D eigenvalue weighted by molar-refractivity contribution is -0.122. The number of hydrogen-bond acceptors (Lipinski definition) is 5. The first-order valence-electron chi connectivity index (χ1n) is 12.2. The molecular weight excluding hydrogens is 428 g/mol. The second-order valence-corrected chi connectivity index (χ2v) is 11.0. The van der Waals surface area contributed by atoms with Crippen LogP contribution in [0.1, 0.15) is 74.7 Å². The van der Waals surface area contributed by atoms with Crippen LogP contribution in [0, 0.1) is 5.92 Å². The maximum absolute atomic E-state index is 13.2. The molecular formula is C26H40N6O2. The van der Waals surface area contributed by atoms with Crippen LogP contribution in [0.2, 0.25) is 0 Å². The Hall–Kier alpha value is -2.74. The number of amides is 2. The van der Waals surface area contributed by atoms with Crippen molar-refractivity contribution in [2.24, 2.45) is 5.92 Å². The molecule has 1 aliphatic heterocycles. The fourth-order valence-electron chi connectivity index (χ4n) is 4.33. The number of fused-ring (bicyclic) bond motifs is 1. The molecule has 0 unspecified atom stereocenters. The van der Waals surface area contributed by atoms with Gasteiger partial charge in [0.15, 0.2) is 5.82 Å². The lowest BCUT2D eigenvalue weighted by atomic mass is 9.86. The van der Waals surface area contributed by atoms with E-state index in [4.69, 9.17) is 0 Å². The summed E-state index contributed by atoms with van der Waals surface area (Å²) < 4.78 is 2.10. The first kappa shape index (κ1) is 25.9. The third kappa shape index (κ3) is 6.44. The van der Waals surface area contributed by atoms with Gasteiger partial charge in [-0.25, -0.2) is 0 Å². The maximum Gasteiger partial charge on any atom is 0.253 e. The van der Waals surface area contributed by atoms with Gasteiger partial charge in [-0.15, -0.1) is 10.2 Å². The molecule has 2 amide bonds. The summed E-state index contributed by atoms with van der Waals surface area (Å²) in [7, 11) is 3.75. The van der Waals surface area contributed by atoms with Crippen LogP contribution in [-0.2, 0) is 23.2 Å². The molecule has 0 spiro atoms. The predicted molar refractivity (Wildman–Crippen MR) is 134 cm³/mol. The van der Waals surface area contributed by atoms with Crippen molar-refractivity contribution in [3.05, 3.63) is 47.0 Å². The van der Waals surface area contributed by atoms with E-state index in [2.05, 4.69) is 54.7 Å². The third-order valence-corrected chi connectivity index (χ3v) is 6.15. The number of likely N-dealkylation sites (N-methyl/N-ethyl adjacent to an activating group) is 1. The molecule has 1 aromatic carbocycles. The molecule has 186 valence electrons. The van der Waals surface area contributed by atoms with E-state index in [0.717, 1.165) is 18.1 Å². The highest BCUT2D eigenvalue weighted by molar-refractivity contribution is 5.94. The summed E-state index contributed by atoms with van der Waals surface area (Å²) in [6.07, 6.45) is 1.42. The minimum atomic E-state index is -0.208. The van der Waals surface area contributed by atoms with Crippen molar-refractivity contribution in [1.29, 1.82) is 0 Å². The number of carbonyl (C=O) groups is 2. The van der Waals surface area contributed by atoms with Gasteiger partial charge in [0.05, 0.1) is 12.6 Å². The standard InChI is InChI=1S/C26H40N6O2/c1-18(2)16-21(27-23(33)17-30(6)7)24-29-28-22-12-13-31(14-15-32(22)24)25(34)19-8-10-20(11-9-19)26(3,4)5/h8-11,18,21H,12-17H2,1-7H3,(H,27,33)/t21-/m1/s1. The zero-order chi connectivity index (χ0) is 25.0. The molecule has 0 radical (unpaired) electrons. The van der Waals surface area contributed by atoms with Gasteiger partial charge in [0, 0.05) is 31.6 Å². The van der Waals surface area contributed by atoms with Crippen LogP contribution in [0.5, 0.6) is 0 Å². The van der Waals surface area contributed by atoms with Crippen molar-refractivity contribution in [2.75, 3.05) is 33.7 Å². The van der Waals surface area contributed by atoms with Crippen LogP contribution >= 0.6 is 0 Å². The van der Waals surface area contributed by atoms with Crippen molar-refractivity contribution in [1.82, 2.24) is 29.9 Å². The van der Waals surface area contributed by atoms with Gasteiger partial charge < -0.3 is 19.7 Å². The highest BCUT2D eigenvalue weighted by Gasteiger charge is 2.27. The van der Waals surface area contributed by atoms with Gasteiger partial charge in [-0.05, 0) is 49.5 Å². The topological polar surface area (TPSA) is 83.4 Å². The Kier molecular flexibility index (Phi) is 8.13. The normalized spacial score (nSPS) is 15.3. The minimum Gasteiger partial charge on any atom is -0.345 e. The molecule has 1 aromatic heterocycles. The average molecular weight is 469 g/mol. The first-order valence-corrected chi connectivity index (χ1v) is 12.2. The zero-order valence-corrected chi connectivity index (χ0v) is 21.8. The van der Waals surface area contributed by atoms with E-state index in [1.165, 1.54) is 5.56 Å². The number of rotatable bonds is 7. The van der Waals surface area contributed by atoms with Gasteiger partial charge in [-0.3, -0.25) is 9.59 Å². The van der Waals surface area contributed by atoms with Crippen molar-refractivity contribution >= 4 is 11.8 Å². The summed E-state index contributed by atoms with van der Waals surface area (Å²) in [5.41, 5.74) is 1.97.